The second-order valence-electron chi connectivity index (χ2n) is 6.94. The molecular weight excluding hydrogens is 414 g/mol. The van der Waals surface area contributed by atoms with E-state index in [9.17, 15) is 9.59 Å². The number of nitrogens with zero attached hydrogens (tertiary/aromatic N) is 1. The van der Waals surface area contributed by atoms with Crippen LogP contribution in [0.1, 0.15) is 18.9 Å². The van der Waals surface area contributed by atoms with Gasteiger partial charge in [-0.05, 0) is 36.6 Å². The molecule has 30 heavy (non-hydrogen) atoms. The first-order chi connectivity index (χ1) is 14.5. The molecule has 5 nitrogen and oxygen atoms in total. The fourth-order valence-corrected chi connectivity index (χ4v) is 5.12. The zero-order chi connectivity index (χ0) is 21.1. The molecule has 4 aromatic rings. The van der Waals surface area contributed by atoms with Crippen LogP contribution in [0.4, 0.5) is 5.69 Å². The molecule has 0 aliphatic carbocycles. The summed E-state index contributed by atoms with van der Waals surface area (Å²) in [4.78, 5) is 33.7. The Labute approximate surface area is 182 Å². The van der Waals surface area contributed by atoms with Gasteiger partial charge in [0.25, 0.3) is 5.56 Å². The van der Waals surface area contributed by atoms with E-state index in [1.165, 1.54) is 23.1 Å². The van der Waals surface area contributed by atoms with Gasteiger partial charge in [0.1, 0.15) is 4.83 Å². The van der Waals surface area contributed by atoms with Crippen molar-refractivity contribution in [2.75, 3.05) is 5.32 Å². The molecule has 1 unspecified atom stereocenters. The highest BCUT2D eigenvalue weighted by Gasteiger charge is 2.21. The minimum Gasteiger partial charge on any atom is -0.325 e. The van der Waals surface area contributed by atoms with Crippen molar-refractivity contribution in [2.45, 2.75) is 30.7 Å². The summed E-state index contributed by atoms with van der Waals surface area (Å²) in [6, 6.07) is 17.5. The van der Waals surface area contributed by atoms with Crippen LogP contribution in [0.2, 0.25) is 0 Å². The number of benzene rings is 2. The molecule has 2 N–H and O–H groups in total. The van der Waals surface area contributed by atoms with E-state index in [-0.39, 0.29) is 16.7 Å². The Kier molecular flexibility index (Phi) is 6.01. The first kappa shape index (κ1) is 20.4. The lowest BCUT2D eigenvalue weighted by Crippen LogP contribution is -2.25. The molecule has 0 aliphatic rings. The number of aromatic amines is 1. The van der Waals surface area contributed by atoms with Crippen molar-refractivity contribution in [3.63, 3.8) is 0 Å². The van der Waals surface area contributed by atoms with Gasteiger partial charge in [-0.3, -0.25) is 9.59 Å². The minimum atomic E-state index is -0.361. The number of H-pyrrole nitrogens is 1. The van der Waals surface area contributed by atoms with Crippen LogP contribution in [0, 0.1) is 6.92 Å². The van der Waals surface area contributed by atoms with E-state index < -0.39 is 0 Å². The predicted molar refractivity (Wildman–Crippen MR) is 125 cm³/mol. The SMILES string of the molecule is CCC(Sc1nc2scc(-c3ccccc3)c2c(=O)[nH]1)C(=O)Nc1cccc(C)c1. The van der Waals surface area contributed by atoms with E-state index in [0.717, 1.165) is 22.4 Å². The van der Waals surface area contributed by atoms with Gasteiger partial charge in [0.2, 0.25) is 5.91 Å². The molecule has 0 radical (unpaired) electrons. The molecule has 2 aromatic carbocycles. The first-order valence-corrected chi connectivity index (χ1v) is 11.4. The smallest absolute Gasteiger partial charge is 0.260 e. The number of hydrogen-bond acceptors (Lipinski definition) is 5. The van der Waals surface area contributed by atoms with Gasteiger partial charge >= 0.3 is 0 Å². The molecule has 0 aliphatic heterocycles. The Morgan fingerprint density at radius 2 is 2.00 bits per heavy atom. The Balaban J connectivity index is 1.58. The van der Waals surface area contributed by atoms with Crippen LogP contribution in [0.5, 0.6) is 0 Å². The Bertz CT molecular complexity index is 1250. The first-order valence-electron chi connectivity index (χ1n) is 9.66. The van der Waals surface area contributed by atoms with Gasteiger partial charge in [0.05, 0.1) is 10.6 Å². The van der Waals surface area contributed by atoms with Gasteiger partial charge in [-0.25, -0.2) is 4.98 Å². The number of nitrogens with one attached hydrogen (secondary N) is 2. The van der Waals surface area contributed by atoms with Crippen molar-refractivity contribution in [1.82, 2.24) is 9.97 Å². The average Bonchev–Trinajstić information content (AvgIpc) is 3.17. The van der Waals surface area contributed by atoms with Crippen LogP contribution in [0.15, 0.2) is 69.9 Å². The van der Waals surface area contributed by atoms with E-state index in [1.807, 2.05) is 73.8 Å². The third kappa shape index (κ3) is 4.32. The molecule has 1 atom stereocenters. The second kappa shape index (κ2) is 8.85. The number of carbonyl (C=O) groups excluding carboxylic acids is 1. The fourth-order valence-electron chi connectivity index (χ4n) is 3.22. The number of thioether (sulfide) groups is 1. The number of rotatable bonds is 6. The lowest BCUT2D eigenvalue weighted by Gasteiger charge is -2.14. The summed E-state index contributed by atoms with van der Waals surface area (Å²) in [6.07, 6.45) is 0.615. The van der Waals surface area contributed by atoms with Crippen LogP contribution >= 0.6 is 23.1 Å². The van der Waals surface area contributed by atoms with E-state index >= 15 is 0 Å². The van der Waals surface area contributed by atoms with Gasteiger partial charge in [-0.15, -0.1) is 11.3 Å². The lowest BCUT2D eigenvalue weighted by molar-refractivity contribution is -0.115. The van der Waals surface area contributed by atoms with Gasteiger partial charge in [-0.2, -0.15) is 0 Å². The maximum Gasteiger partial charge on any atom is 0.260 e. The van der Waals surface area contributed by atoms with Gasteiger partial charge in [-0.1, -0.05) is 61.2 Å². The number of aryl methyl sites for hydroxylation is 1. The maximum atomic E-state index is 12.8. The van der Waals surface area contributed by atoms with Crippen molar-refractivity contribution in [3.8, 4) is 11.1 Å². The molecule has 0 spiro atoms. The normalized spacial score (nSPS) is 12.1. The Morgan fingerprint density at radius 3 is 2.73 bits per heavy atom. The number of hydrogen-bond donors (Lipinski definition) is 2. The summed E-state index contributed by atoms with van der Waals surface area (Å²) in [6.45, 7) is 3.93. The van der Waals surface area contributed by atoms with Crippen LogP contribution < -0.4 is 10.9 Å². The second-order valence-corrected chi connectivity index (χ2v) is 8.99. The molecule has 152 valence electrons. The summed E-state index contributed by atoms with van der Waals surface area (Å²) in [5.41, 5.74) is 3.53. The summed E-state index contributed by atoms with van der Waals surface area (Å²) >= 11 is 2.72. The van der Waals surface area contributed by atoms with E-state index in [2.05, 4.69) is 15.3 Å². The minimum absolute atomic E-state index is 0.105. The third-order valence-corrected chi connectivity index (χ3v) is 6.83. The van der Waals surface area contributed by atoms with Gasteiger partial charge in [0, 0.05) is 16.6 Å². The van der Waals surface area contributed by atoms with Crippen LogP contribution in [-0.4, -0.2) is 21.1 Å². The highest BCUT2D eigenvalue weighted by atomic mass is 32.2. The zero-order valence-electron chi connectivity index (χ0n) is 16.6. The van der Waals surface area contributed by atoms with Crippen LogP contribution in [-0.2, 0) is 4.79 Å². The number of carbonyl (C=O) groups is 1. The number of aromatic nitrogens is 2. The highest BCUT2D eigenvalue weighted by Crippen LogP contribution is 2.32. The molecule has 2 heterocycles. The zero-order valence-corrected chi connectivity index (χ0v) is 18.3. The molecule has 0 saturated heterocycles. The highest BCUT2D eigenvalue weighted by molar-refractivity contribution is 8.00. The summed E-state index contributed by atoms with van der Waals surface area (Å²) in [5, 5.41) is 5.60. The quantitative estimate of drug-likeness (QED) is 0.311. The van der Waals surface area contributed by atoms with Crippen molar-refractivity contribution in [2.24, 2.45) is 0 Å². The maximum absolute atomic E-state index is 12.8. The molecule has 4 rings (SSSR count). The molecular formula is C23H21N3O2S2. The molecule has 0 fully saturated rings. The number of thiophene rings is 1. The summed E-state index contributed by atoms with van der Waals surface area (Å²) < 4.78 is 0. The predicted octanol–water partition coefficient (Wildman–Crippen LogP) is 5.47. The molecule has 0 bridgehead atoms. The number of fused-ring (bicyclic) bond motifs is 1. The lowest BCUT2D eigenvalue weighted by atomic mass is 10.1. The van der Waals surface area contributed by atoms with E-state index in [1.54, 1.807) is 0 Å². The van der Waals surface area contributed by atoms with Crippen molar-refractivity contribution in [1.29, 1.82) is 0 Å². The average molecular weight is 436 g/mol. The van der Waals surface area contributed by atoms with Crippen molar-refractivity contribution in [3.05, 3.63) is 75.9 Å². The van der Waals surface area contributed by atoms with Crippen molar-refractivity contribution < 1.29 is 4.79 Å². The molecule has 7 heteroatoms. The van der Waals surface area contributed by atoms with E-state index in [4.69, 9.17) is 0 Å². The Morgan fingerprint density at radius 1 is 1.20 bits per heavy atom. The molecule has 2 aromatic heterocycles. The van der Waals surface area contributed by atoms with Crippen LogP contribution in [0.3, 0.4) is 0 Å². The Hall–Kier alpha value is -2.90. The van der Waals surface area contributed by atoms with E-state index in [0.29, 0.717) is 21.8 Å². The van der Waals surface area contributed by atoms with Gasteiger partial charge < -0.3 is 10.3 Å². The number of anilines is 1. The van der Waals surface area contributed by atoms with Crippen LogP contribution in [0.25, 0.3) is 21.3 Å². The largest absolute Gasteiger partial charge is 0.325 e. The summed E-state index contributed by atoms with van der Waals surface area (Å²) in [7, 11) is 0. The molecule has 1 amide bonds. The monoisotopic (exact) mass is 435 g/mol. The molecule has 0 saturated carbocycles. The third-order valence-electron chi connectivity index (χ3n) is 4.71. The number of amides is 1. The standard InChI is InChI=1S/C23H21N3O2S2/c1-3-18(20(27)24-16-11-7-8-14(2)12-16)30-23-25-21(28)19-17(13-29-22(19)26-23)15-9-5-4-6-10-15/h4-13,18H,3H2,1-2H3,(H,24,27)(H,25,26,28). The summed E-state index contributed by atoms with van der Waals surface area (Å²) in [5.74, 6) is -0.105. The van der Waals surface area contributed by atoms with Crippen molar-refractivity contribution >= 4 is 44.9 Å². The fraction of sp³-hybridized carbons (Fsp3) is 0.174. The topological polar surface area (TPSA) is 74.8 Å². The van der Waals surface area contributed by atoms with Gasteiger partial charge in [0.15, 0.2) is 5.16 Å².